The van der Waals surface area contributed by atoms with Crippen molar-refractivity contribution in [2.45, 2.75) is 26.4 Å². The van der Waals surface area contributed by atoms with Gasteiger partial charge in [0.25, 0.3) is 5.91 Å². The van der Waals surface area contributed by atoms with E-state index in [4.69, 9.17) is 5.73 Å². The second-order valence-corrected chi connectivity index (χ2v) is 5.46. The molecule has 1 amide bonds. The van der Waals surface area contributed by atoms with Crippen LogP contribution in [0.5, 0.6) is 0 Å². The number of carbonyl (C=O) groups excluding carboxylic acids is 1. The van der Waals surface area contributed by atoms with Crippen molar-refractivity contribution in [3.05, 3.63) is 39.6 Å². The first-order chi connectivity index (χ1) is 8.99. The zero-order valence-electron chi connectivity index (χ0n) is 11.3. The first-order valence-electron chi connectivity index (χ1n) is 6.09. The standard InChI is InChI=1S/C13H18N4OS/c1-8-4-5-10(17(8)3)6-15-12(18)11-7-19-13(16-11)9(2)14/h4-5,7,9H,6,14H2,1-3H3,(H,15,18). The number of nitrogens with zero attached hydrogens (tertiary/aromatic N) is 2. The van der Waals surface area contributed by atoms with Gasteiger partial charge in [-0.1, -0.05) is 0 Å². The lowest BCUT2D eigenvalue weighted by molar-refractivity contribution is 0.0945. The van der Waals surface area contributed by atoms with Crippen molar-refractivity contribution in [3.63, 3.8) is 0 Å². The van der Waals surface area contributed by atoms with Crippen LogP contribution in [0.4, 0.5) is 0 Å². The van der Waals surface area contributed by atoms with Crippen LogP contribution in [-0.4, -0.2) is 15.5 Å². The van der Waals surface area contributed by atoms with Gasteiger partial charge in [0.1, 0.15) is 10.7 Å². The molecule has 0 spiro atoms. The molecular formula is C13H18N4OS. The zero-order chi connectivity index (χ0) is 14.0. The van der Waals surface area contributed by atoms with Gasteiger partial charge in [-0.2, -0.15) is 0 Å². The van der Waals surface area contributed by atoms with Crippen LogP contribution >= 0.6 is 11.3 Å². The van der Waals surface area contributed by atoms with E-state index in [2.05, 4.69) is 14.9 Å². The molecule has 0 radical (unpaired) electrons. The summed E-state index contributed by atoms with van der Waals surface area (Å²) < 4.78 is 2.05. The topological polar surface area (TPSA) is 72.9 Å². The van der Waals surface area contributed by atoms with Crippen molar-refractivity contribution in [1.82, 2.24) is 14.9 Å². The summed E-state index contributed by atoms with van der Waals surface area (Å²) in [7, 11) is 1.98. The van der Waals surface area contributed by atoms with Crippen LogP contribution in [0.25, 0.3) is 0 Å². The Kier molecular flexibility index (Phi) is 4.01. The minimum Gasteiger partial charge on any atom is -0.350 e. The number of aromatic nitrogens is 2. The molecule has 0 aliphatic rings. The molecule has 1 atom stereocenters. The van der Waals surface area contributed by atoms with Gasteiger partial charge >= 0.3 is 0 Å². The largest absolute Gasteiger partial charge is 0.350 e. The lowest BCUT2D eigenvalue weighted by Crippen LogP contribution is -2.24. The highest BCUT2D eigenvalue weighted by molar-refractivity contribution is 7.09. The third-order valence-electron chi connectivity index (χ3n) is 3.05. The molecule has 0 aromatic carbocycles. The van der Waals surface area contributed by atoms with Crippen molar-refractivity contribution >= 4 is 17.2 Å². The summed E-state index contributed by atoms with van der Waals surface area (Å²) in [6.07, 6.45) is 0. The smallest absolute Gasteiger partial charge is 0.271 e. The number of hydrogen-bond donors (Lipinski definition) is 2. The van der Waals surface area contributed by atoms with Gasteiger partial charge in [-0.05, 0) is 26.0 Å². The van der Waals surface area contributed by atoms with Gasteiger partial charge in [-0.25, -0.2) is 4.98 Å². The van der Waals surface area contributed by atoms with E-state index in [1.165, 1.54) is 11.3 Å². The van der Waals surface area contributed by atoms with E-state index in [0.717, 1.165) is 16.4 Å². The maximum Gasteiger partial charge on any atom is 0.271 e. The van der Waals surface area contributed by atoms with Gasteiger partial charge in [0.15, 0.2) is 0 Å². The van der Waals surface area contributed by atoms with E-state index in [1.807, 2.05) is 33.0 Å². The molecule has 0 aliphatic heterocycles. The van der Waals surface area contributed by atoms with E-state index in [-0.39, 0.29) is 11.9 Å². The van der Waals surface area contributed by atoms with Crippen LogP contribution in [-0.2, 0) is 13.6 Å². The van der Waals surface area contributed by atoms with Crippen molar-refractivity contribution in [2.24, 2.45) is 12.8 Å². The van der Waals surface area contributed by atoms with E-state index in [1.54, 1.807) is 5.38 Å². The molecule has 2 rings (SSSR count). The minimum absolute atomic E-state index is 0.137. The zero-order valence-corrected chi connectivity index (χ0v) is 12.1. The molecule has 5 nitrogen and oxygen atoms in total. The Hall–Kier alpha value is -1.66. The average molecular weight is 278 g/mol. The Morgan fingerprint density at radius 2 is 2.32 bits per heavy atom. The summed E-state index contributed by atoms with van der Waals surface area (Å²) in [5.41, 5.74) is 8.39. The molecule has 3 N–H and O–H groups in total. The number of rotatable bonds is 4. The minimum atomic E-state index is -0.165. The predicted molar refractivity (Wildman–Crippen MR) is 76.0 cm³/mol. The molecule has 6 heteroatoms. The lowest BCUT2D eigenvalue weighted by Gasteiger charge is -2.06. The number of aryl methyl sites for hydroxylation is 1. The fourth-order valence-corrected chi connectivity index (χ4v) is 2.46. The SMILES string of the molecule is Cc1ccc(CNC(=O)c2csc(C(C)N)n2)n1C. The van der Waals surface area contributed by atoms with E-state index < -0.39 is 0 Å². The summed E-state index contributed by atoms with van der Waals surface area (Å²) >= 11 is 1.41. The van der Waals surface area contributed by atoms with Crippen LogP contribution in [0.3, 0.4) is 0 Å². The van der Waals surface area contributed by atoms with Gasteiger partial charge in [0.05, 0.1) is 12.6 Å². The molecule has 0 bridgehead atoms. The van der Waals surface area contributed by atoms with Gasteiger partial charge in [0, 0.05) is 23.8 Å². The van der Waals surface area contributed by atoms with E-state index >= 15 is 0 Å². The molecule has 2 aromatic rings. The summed E-state index contributed by atoms with van der Waals surface area (Å²) in [5, 5.41) is 5.38. The first kappa shape index (κ1) is 13.8. The van der Waals surface area contributed by atoms with Gasteiger partial charge in [0.2, 0.25) is 0 Å². The maximum absolute atomic E-state index is 12.0. The van der Waals surface area contributed by atoms with Crippen LogP contribution in [0.2, 0.25) is 0 Å². The normalized spacial score (nSPS) is 12.4. The van der Waals surface area contributed by atoms with Crippen LogP contribution < -0.4 is 11.1 Å². The second-order valence-electron chi connectivity index (χ2n) is 4.57. The summed E-state index contributed by atoms with van der Waals surface area (Å²) in [5.74, 6) is -0.165. The fourth-order valence-electron chi connectivity index (χ4n) is 1.71. The molecule has 1 unspecified atom stereocenters. The Morgan fingerprint density at radius 3 is 2.84 bits per heavy atom. The monoisotopic (exact) mass is 278 g/mol. The highest BCUT2D eigenvalue weighted by atomic mass is 32.1. The Morgan fingerprint density at radius 1 is 1.58 bits per heavy atom. The second kappa shape index (κ2) is 5.54. The molecule has 19 heavy (non-hydrogen) atoms. The lowest BCUT2D eigenvalue weighted by atomic mass is 10.3. The van der Waals surface area contributed by atoms with Crippen molar-refractivity contribution in [2.75, 3.05) is 0 Å². The first-order valence-corrected chi connectivity index (χ1v) is 6.97. The van der Waals surface area contributed by atoms with Crippen molar-refractivity contribution in [1.29, 1.82) is 0 Å². The molecule has 0 aliphatic carbocycles. The van der Waals surface area contributed by atoms with Crippen LogP contribution in [0.15, 0.2) is 17.5 Å². The molecule has 0 saturated carbocycles. The molecule has 2 aromatic heterocycles. The third kappa shape index (κ3) is 3.02. The molecule has 0 saturated heterocycles. The van der Waals surface area contributed by atoms with Crippen LogP contribution in [0, 0.1) is 6.92 Å². The fraction of sp³-hybridized carbons (Fsp3) is 0.385. The van der Waals surface area contributed by atoms with E-state index in [9.17, 15) is 4.79 Å². The number of thiazole rings is 1. The highest BCUT2D eigenvalue weighted by Crippen LogP contribution is 2.15. The van der Waals surface area contributed by atoms with Crippen LogP contribution in [0.1, 0.15) is 39.8 Å². The Bertz CT molecular complexity index is 585. The summed E-state index contributed by atoms with van der Waals surface area (Å²) in [4.78, 5) is 16.2. The average Bonchev–Trinajstić information content (AvgIpc) is 2.97. The number of carbonyl (C=O) groups is 1. The van der Waals surface area contributed by atoms with Gasteiger partial charge in [-0.3, -0.25) is 4.79 Å². The maximum atomic E-state index is 12.0. The van der Waals surface area contributed by atoms with E-state index in [0.29, 0.717) is 12.2 Å². The predicted octanol–water partition coefficient (Wildman–Crippen LogP) is 1.74. The van der Waals surface area contributed by atoms with Crippen molar-refractivity contribution < 1.29 is 4.79 Å². The molecule has 0 fully saturated rings. The Balaban J connectivity index is 1.99. The molecule has 102 valence electrons. The van der Waals surface area contributed by atoms with Gasteiger partial charge < -0.3 is 15.6 Å². The van der Waals surface area contributed by atoms with Gasteiger partial charge in [-0.15, -0.1) is 11.3 Å². The number of amides is 1. The number of nitrogens with one attached hydrogen (secondary N) is 1. The summed E-state index contributed by atoms with van der Waals surface area (Å²) in [6.45, 7) is 4.38. The summed E-state index contributed by atoms with van der Waals surface area (Å²) in [6, 6.07) is 3.89. The molecular weight excluding hydrogens is 260 g/mol. The quantitative estimate of drug-likeness (QED) is 0.894. The number of hydrogen-bond acceptors (Lipinski definition) is 4. The highest BCUT2D eigenvalue weighted by Gasteiger charge is 2.13. The third-order valence-corrected chi connectivity index (χ3v) is 4.10. The number of nitrogens with two attached hydrogens (primary N) is 1. The molecule has 2 heterocycles. The Labute approximate surface area is 116 Å². The van der Waals surface area contributed by atoms with Crippen molar-refractivity contribution in [3.8, 4) is 0 Å².